The van der Waals surface area contributed by atoms with Crippen LogP contribution in [0.15, 0.2) is 24.3 Å². The fraction of sp³-hybridized carbons (Fsp3) is 0.625. The molecular formula is C16H25NO. The summed E-state index contributed by atoms with van der Waals surface area (Å²) in [7, 11) is 1.75. The molecule has 0 spiro atoms. The highest BCUT2D eigenvalue weighted by Crippen LogP contribution is 2.34. The Kier molecular flexibility index (Phi) is 4.79. The summed E-state index contributed by atoms with van der Waals surface area (Å²) < 4.78 is 5.08. The molecule has 1 saturated carbocycles. The molecule has 0 unspecified atom stereocenters. The molecule has 1 aliphatic carbocycles. The molecule has 2 rings (SSSR count). The van der Waals surface area contributed by atoms with Gasteiger partial charge in [-0.15, -0.1) is 0 Å². The van der Waals surface area contributed by atoms with Gasteiger partial charge in [-0.3, -0.25) is 0 Å². The predicted octanol–water partition coefficient (Wildman–Crippen LogP) is 3.38. The van der Waals surface area contributed by atoms with Crippen molar-refractivity contribution >= 4 is 0 Å². The SMILES string of the molecule is COCCCc1ccc(C2(N)CCCCC2)cc1. The molecule has 0 saturated heterocycles. The Bertz CT molecular complexity index is 352. The number of hydrogen-bond donors (Lipinski definition) is 1. The first-order valence-electron chi connectivity index (χ1n) is 7.12. The van der Waals surface area contributed by atoms with Crippen LogP contribution < -0.4 is 5.73 Å². The summed E-state index contributed by atoms with van der Waals surface area (Å²) in [5.41, 5.74) is 9.17. The van der Waals surface area contributed by atoms with E-state index in [-0.39, 0.29) is 5.54 Å². The lowest BCUT2D eigenvalue weighted by atomic mass is 9.77. The number of benzene rings is 1. The first-order chi connectivity index (χ1) is 8.74. The zero-order chi connectivity index (χ0) is 12.8. The largest absolute Gasteiger partial charge is 0.385 e. The number of ether oxygens (including phenoxy) is 1. The quantitative estimate of drug-likeness (QED) is 0.810. The van der Waals surface area contributed by atoms with Gasteiger partial charge in [-0.05, 0) is 36.8 Å². The van der Waals surface area contributed by atoms with Crippen molar-refractivity contribution in [1.29, 1.82) is 0 Å². The van der Waals surface area contributed by atoms with Gasteiger partial charge >= 0.3 is 0 Å². The Morgan fingerprint density at radius 2 is 1.78 bits per heavy atom. The molecule has 1 aromatic rings. The molecule has 0 bridgehead atoms. The van der Waals surface area contributed by atoms with E-state index in [0.717, 1.165) is 32.3 Å². The van der Waals surface area contributed by atoms with Gasteiger partial charge < -0.3 is 10.5 Å². The average Bonchev–Trinajstić information content (AvgIpc) is 2.41. The van der Waals surface area contributed by atoms with E-state index in [0.29, 0.717) is 0 Å². The number of aryl methyl sites for hydroxylation is 1. The van der Waals surface area contributed by atoms with E-state index in [9.17, 15) is 0 Å². The van der Waals surface area contributed by atoms with Crippen LogP contribution in [0, 0.1) is 0 Å². The standard InChI is InChI=1S/C16H25NO/c1-18-13-5-6-14-7-9-15(10-8-14)16(17)11-3-2-4-12-16/h7-10H,2-6,11-13,17H2,1H3. The molecule has 1 fully saturated rings. The minimum Gasteiger partial charge on any atom is -0.385 e. The average molecular weight is 247 g/mol. The maximum Gasteiger partial charge on any atom is 0.0465 e. The monoisotopic (exact) mass is 247 g/mol. The first-order valence-corrected chi connectivity index (χ1v) is 7.12. The van der Waals surface area contributed by atoms with Crippen molar-refractivity contribution in [3.63, 3.8) is 0 Å². The maximum absolute atomic E-state index is 6.53. The highest BCUT2D eigenvalue weighted by Gasteiger charge is 2.28. The van der Waals surface area contributed by atoms with Gasteiger partial charge in [0.25, 0.3) is 0 Å². The van der Waals surface area contributed by atoms with Gasteiger partial charge in [0, 0.05) is 19.3 Å². The van der Waals surface area contributed by atoms with E-state index < -0.39 is 0 Å². The van der Waals surface area contributed by atoms with E-state index in [1.165, 1.54) is 30.4 Å². The van der Waals surface area contributed by atoms with Crippen molar-refractivity contribution in [1.82, 2.24) is 0 Å². The van der Waals surface area contributed by atoms with Gasteiger partial charge in [0.2, 0.25) is 0 Å². The second-order valence-electron chi connectivity index (χ2n) is 5.51. The van der Waals surface area contributed by atoms with E-state index >= 15 is 0 Å². The summed E-state index contributed by atoms with van der Waals surface area (Å²) in [6.07, 6.45) is 8.33. The van der Waals surface area contributed by atoms with Crippen molar-refractivity contribution in [3.8, 4) is 0 Å². The zero-order valence-corrected chi connectivity index (χ0v) is 11.5. The van der Waals surface area contributed by atoms with Gasteiger partial charge in [0.15, 0.2) is 0 Å². The number of rotatable bonds is 5. The van der Waals surface area contributed by atoms with Gasteiger partial charge in [-0.1, -0.05) is 43.5 Å². The highest BCUT2D eigenvalue weighted by atomic mass is 16.5. The van der Waals surface area contributed by atoms with Crippen LogP contribution >= 0.6 is 0 Å². The Labute approximate surface area is 111 Å². The summed E-state index contributed by atoms with van der Waals surface area (Å²) in [6.45, 7) is 0.836. The fourth-order valence-electron chi connectivity index (χ4n) is 2.90. The van der Waals surface area contributed by atoms with Crippen molar-refractivity contribution in [2.24, 2.45) is 5.73 Å². The summed E-state index contributed by atoms with van der Waals surface area (Å²) in [6, 6.07) is 8.92. The molecule has 2 nitrogen and oxygen atoms in total. The second-order valence-corrected chi connectivity index (χ2v) is 5.51. The van der Waals surface area contributed by atoms with E-state index in [4.69, 9.17) is 10.5 Å². The molecular weight excluding hydrogens is 222 g/mol. The highest BCUT2D eigenvalue weighted by molar-refractivity contribution is 5.28. The first kappa shape index (κ1) is 13.6. The van der Waals surface area contributed by atoms with E-state index in [1.54, 1.807) is 7.11 Å². The summed E-state index contributed by atoms with van der Waals surface area (Å²) in [4.78, 5) is 0. The maximum atomic E-state index is 6.53. The van der Waals surface area contributed by atoms with Crippen LogP contribution in [-0.4, -0.2) is 13.7 Å². The molecule has 0 aromatic heterocycles. The van der Waals surface area contributed by atoms with Crippen molar-refractivity contribution in [3.05, 3.63) is 35.4 Å². The molecule has 18 heavy (non-hydrogen) atoms. The lowest BCUT2D eigenvalue weighted by molar-refractivity contribution is 0.195. The minimum absolute atomic E-state index is 0.0662. The van der Waals surface area contributed by atoms with Crippen LogP contribution in [0.5, 0.6) is 0 Å². The Morgan fingerprint density at radius 3 is 2.39 bits per heavy atom. The van der Waals surface area contributed by atoms with Crippen LogP contribution in [0.1, 0.15) is 49.7 Å². The van der Waals surface area contributed by atoms with Gasteiger partial charge in [-0.25, -0.2) is 0 Å². The number of hydrogen-bond acceptors (Lipinski definition) is 2. The fourth-order valence-corrected chi connectivity index (χ4v) is 2.90. The molecule has 0 heterocycles. The van der Waals surface area contributed by atoms with Crippen LogP contribution in [0.2, 0.25) is 0 Å². The summed E-state index contributed by atoms with van der Waals surface area (Å²) >= 11 is 0. The minimum atomic E-state index is -0.0662. The molecule has 0 radical (unpaired) electrons. The third-order valence-corrected chi connectivity index (χ3v) is 4.09. The molecule has 0 amide bonds. The molecule has 100 valence electrons. The number of methoxy groups -OCH3 is 1. The van der Waals surface area contributed by atoms with Crippen molar-refractivity contribution < 1.29 is 4.74 Å². The lowest BCUT2D eigenvalue weighted by Gasteiger charge is -2.34. The van der Waals surface area contributed by atoms with E-state index in [2.05, 4.69) is 24.3 Å². The van der Waals surface area contributed by atoms with Crippen molar-refractivity contribution in [2.75, 3.05) is 13.7 Å². The molecule has 2 N–H and O–H groups in total. The Balaban J connectivity index is 1.98. The molecule has 1 aromatic carbocycles. The van der Waals surface area contributed by atoms with Gasteiger partial charge in [0.1, 0.15) is 0 Å². The second kappa shape index (κ2) is 6.35. The summed E-state index contributed by atoms with van der Waals surface area (Å²) in [5.74, 6) is 0. The summed E-state index contributed by atoms with van der Waals surface area (Å²) in [5, 5.41) is 0. The third-order valence-electron chi connectivity index (χ3n) is 4.09. The lowest BCUT2D eigenvalue weighted by Crippen LogP contribution is -2.38. The van der Waals surface area contributed by atoms with Crippen molar-refractivity contribution in [2.45, 2.75) is 50.5 Å². The molecule has 1 aliphatic rings. The van der Waals surface area contributed by atoms with Gasteiger partial charge in [0.05, 0.1) is 0 Å². The topological polar surface area (TPSA) is 35.2 Å². The molecule has 0 atom stereocenters. The molecule has 0 aliphatic heterocycles. The van der Waals surface area contributed by atoms with E-state index in [1.807, 2.05) is 0 Å². The smallest absolute Gasteiger partial charge is 0.0465 e. The van der Waals surface area contributed by atoms with Crippen LogP contribution in [0.3, 0.4) is 0 Å². The zero-order valence-electron chi connectivity index (χ0n) is 11.5. The van der Waals surface area contributed by atoms with Crippen LogP contribution in [0.4, 0.5) is 0 Å². The molecule has 2 heteroatoms. The van der Waals surface area contributed by atoms with Crippen LogP contribution in [0.25, 0.3) is 0 Å². The Hall–Kier alpha value is -0.860. The normalized spacial score (nSPS) is 18.8. The predicted molar refractivity (Wildman–Crippen MR) is 75.6 cm³/mol. The van der Waals surface area contributed by atoms with Gasteiger partial charge in [-0.2, -0.15) is 0 Å². The number of nitrogens with two attached hydrogens (primary N) is 1. The van der Waals surface area contributed by atoms with Crippen LogP contribution in [-0.2, 0) is 16.7 Å². The Morgan fingerprint density at radius 1 is 1.11 bits per heavy atom. The third kappa shape index (κ3) is 3.33.